The molecule has 160 valence electrons. The highest BCUT2D eigenvalue weighted by Gasteiger charge is 2.52. The fourth-order valence-corrected chi connectivity index (χ4v) is 4.28. The van der Waals surface area contributed by atoms with Gasteiger partial charge in [-0.25, -0.2) is 9.97 Å². The van der Waals surface area contributed by atoms with Crippen LogP contribution in [0.4, 0.5) is 5.95 Å². The van der Waals surface area contributed by atoms with Gasteiger partial charge in [-0.2, -0.15) is 0 Å². The highest BCUT2D eigenvalue weighted by Crippen LogP contribution is 2.36. The third-order valence-electron chi connectivity index (χ3n) is 6.97. The lowest BCUT2D eigenvalue weighted by molar-refractivity contribution is 0.00578. The molecule has 4 rings (SSSR count). The first-order valence-electron chi connectivity index (χ1n) is 11.1. The summed E-state index contributed by atoms with van der Waals surface area (Å²) in [4.78, 5) is 14.2. The molecule has 1 atom stereocenters. The van der Waals surface area contributed by atoms with E-state index < -0.39 is 7.12 Å². The van der Waals surface area contributed by atoms with Crippen LogP contribution in [0.15, 0.2) is 12.4 Å². The third kappa shape index (κ3) is 4.45. The molecule has 0 spiro atoms. The summed E-state index contributed by atoms with van der Waals surface area (Å²) in [6.45, 7) is 11.2. The summed E-state index contributed by atoms with van der Waals surface area (Å²) in [5.41, 5.74) is 0.129. The van der Waals surface area contributed by atoms with Gasteiger partial charge >= 0.3 is 7.12 Å². The van der Waals surface area contributed by atoms with Gasteiger partial charge in [-0.1, -0.05) is 6.42 Å². The molecule has 7 nitrogen and oxygen atoms in total. The Bertz CT molecular complexity index is 678. The van der Waals surface area contributed by atoms with Gasteiger partial charge in [-0.3, -0.25) is 4.90 Å². The fourth-order valence-electron chi connectivity index (χ4n) is 4.28. The summed E-state index contributed by atoms with van der Waals surface area (Å²) < 4.78 is 12.3. The molecule has 1 aliphatic carbocycles. The number of nitrogens with zero attached hydrogens (tertiary/aromatic N) is 4. The van der Waals surface area contributed by atoms with E-state index in [1.54, 1.807) is 0 Å². The lowest BCUT2D eigenvalue weighted by atomic mass is 9.81. The number of aliphatic hydroxyl groups is 1. The Morgan fingerprint density at radius 3 is 2.34 bits per heavy atom. The molecule has 0 amide bonds. The number of anilines is 1. The van der Waals surface area contributed by atoms with E-state index in [1.807, 2.05) is 12.4 Å². The molecule has 0 bridgehead atoms. The van der Waals surface area contributed by atoms with Gasteiger partial charge in [-0.15, -0.1) is 0 Å². The Morgan fingerprint density at radius 1 is 1.10 bits per heavy atom. The maximum Gasteiger partial charge on any atom is 0.498 e. The van der Waals surface area contributed by atoms with E-state index in [0.717, 1.165) is 31.0 Å². The summed E-state index contributed by atoms with van der Waals surface area (Å²) >= 11 is 0. The van der Waals surface area contributed by atoms with Gasteiger partial charge in [0.05, 0.1) is 17.8 Å². The number of β-amino-alcohol motifs (C(OH)–C–C–N with tert-alkyl or cyclic N) is 1. The molecule has 3 heterocycles. The van der Waals surface area contributed by atoms with Crippen molar-refractivity contribution < 1.29 is 14.4 Å². The lowest BCUT2D eigenvalue weighted by Crippen LogP contribution is -2.49. The average Bonchev–Trinajstić information content (AvgIpc) is 3.48. The zero-order valence-corrected chi connectivity index (χ0v) is 18.3. The molecular formula is C21H35BN4O3. The highest BCUT2D eigenvalue weighted by atomic mass is 16.7. The molecule has 0 radical (unpaired) electrons. The van der Waals surface area contributed by atoms with Crippen molar-refractivity contribution in [2.45, 2.75) is 83.1 Å². The van der Waals surface area contributed by atoms with Crippen molar-refractivity contribution in [2.75, 3.05) is 31.1 Å². The van der Waals surface area contributed by atoms with E-state index in [9.17, 15) is 5.11 Å². The number of aromatic nitrogens is 2. The van der Waals surface area contributed by atoms with Crippen LogP contribution in [-0.4, -0.2) is 76.6 Å². The largest absolute Gasteiger partial charge is 0.498 e. The fraction of sp³-hybridized carbons (Fsp3) is 0.810. The SMILES string of the molecule is CC1(C)OB(c2cnc(N(CC3CCCCN3CCO)C3CC3)nc2)OC1(C)C. The second-order valence-corrected chi connectivity index (χ2v) is 9.70. The van der Waals surface area contributed by atoms with Crippen molar-refractivity contribution in [3.63, 3.8) is 0 Å². The van der Waals surface area contributed by atoms with Gasteiger partial charge in [0.25, 0.3) is 0 Å². The summed E-state index contributed by atoms with van der Waals surface area (Å²) in [7, 11) is -0.429. The molecule has 1 aromatic heterocycles. The Morgan fingerprint density at radius 2 is 1.76 bits per heavy atom. The van der Waals surface area contributed by atoms with Gasteiger partial charge < -0.3 is 19.3 Å². The van der Waals surface area contributed by atoms with Crippen molar-refractivity contribution in [1.82, 2.24) is 14.9 Å². The van der Waals surface area contributed by atoms with Crippen molar-refractivity contribution in [3.8, 4) is 0 Å². The molecule has 0 aromatic carbocycles. The summed E-state index contributed by atoms with van der Waals surface area (Å²) in [6.07, 6.45) is 9.77. The monoisotopic (exact) mass is 402 g/mol. The number of hydrogen-bond donors (Lipinski definition) is 1. The minimum atomic E-state index is -0.429. The molecule has 1 N–H and O–H groups in total. The first kappa shape index (κ1) is 21.0. The molecule has 2 saturated heterocycles. The van der Waals surface area contributed by atoms with Gasteiger partial charge in [0, 0.05) is 43.0 Å². The number of hydrogen-bond acceptors (Lipinski definition) is 7. The smallest absolute Gasteiger partial charge is 0.399 e. The second-order valence-electron chi connectivity index (χ2n) is 9.70. The van der Waals surface area contributed by atoms with Crippen LogP contribution in [0, 0.1) is 0 Å². The van der Waals surface area contributed by atoms with Crippen molar-refractivity contribution in [1.29, 1.82) is 0 Å². The number of likely N-dealkylation sites (tertiary alicyclic amines) is 1. The summed E-state index contributed by atoms with van der Waals surface area (Å²) in [5, 5.41) is 9.41. The molecule has 29 heavy (non-hydrogen) atoms. The van der Waals surface area contributed by atoms with Crippen LogP contribution >= 0.6 is 0 Å². The van der Waals surface area contributed by atoms with E-state index in [2.05, 4.69) is 37.5 Å². The van der Waals surface area contributed by atoms with Crippen LogP contribution in [-0.2, 0) is 9.31 Å². The topological polar surface area (TPSA) is 71.0 Å². The molecule has 1 saturated carbocycles. The quantitative estimate of drug-likeness (QED) is 0.695. The van der Waals surface area contributed by atoms with Crippen molar-refractivity contribution in [3.05, 3.63) is 12.4 Å². The van der Waals surface area contributed by atoms with E-state index >= 15 is 0 Å². The Hall–Kier alpha value is -1.22. The van der Waals surface area contributed by atoms with Gasteiger partial charge in [0.15, 0.2) is 0 Å². The number of piperidine rings is 1. The van der Waals surface area contributed by atoms with Crippen molar-refractivity contribution >= 4 is 18.5 Å². The normalized spacial score (nSPS) is 26.7. The predicted molar refractivity (Wildman–Crippen MR) is 114 cm³/mol. The molecule has 3 fully saturated rings. The highest BCUT2D eigenvalue weighted by molar-refractivity contribution is 6.61. The first-order valence-corrected chi connectivity index (χ1v) is 11.1. The van der Waals surface area contributed by atoms with E-state index in [0.29, 0.717) is 12.1 Å². The molecule has 8 heteroatoms. The number of rotatable bonds is 7. The van der Waals surface area contributed by atoms with E-state index in [1.165, 1.54) is 32.1 Å². The van der Waals surface area contributed by atoms with E-state index in [-0.39, 0.29) is 17.8 Å². The van der Waals surface area contributed by atoms with Crippen LogP contribution in [0.2, 0.25) is 0 Å². The minimum Gasteiger partial charge on any atom is -0.399 e. The maximum atomic E-state index is 9.41. The van der Waals surface area contributed by atoms with E-state index in [4.69, 9.17) is 19.3 Å². The second kappa shape index (κ2) is 8.14. The predicted octanol–water partition coefficient (Wildman–Crippen LogP) is 1.59. The van der Waals surface area contributed by atoms with Crippen LogP contribution < -0.4 is 10.4 Å². The zero-order chi connectivity index (χ0) is 20.6. The Labute approximate surface area is 174 Å². The Kier molecular flexibility index (Phi) is 5.90. The maximum absolute atomic E-state index is 9.41. The van der Waals surface area contributed by atoms with Crippen LogP contribution in [0.3, 0.4) is 0 Å². The zero-order valence-electron chi connectivity index (χ0n) is 18.3. The lowest BCUT2D eigenvalue weighted by Gasteiger charge is -2.38. The summed E-state index contributed by atoms with van der Waals surface area (Å²) in [5.74, 6) is 0.794. The number of aliphatic hydroxyl groups excluding tert-OH is 1. The minimum absolute atomic E-state index is 0.221. The van der Waals surface area contributed by atoms with Crippen molar-refractivity contribution in [2.24, 2.45) is 0 Å². The van der Waals surface area contributed by atoms with Crippen LogP contribution in [0.5, 0.6) is 0 Å². The van der Waals surface area contributed by atoms with Crippen LogP contribution in [0.25, 0.3) is 0 Å². The molecule has 2 aliphatic heterocycles. The third-order valence-corrected chi connectivity index (χ3v) is 6.97. The van der Waals surface area contributed by atoms with Crippen LogP contribution in [0.1, 0.15) is 59.8 Å². The average molecular weight is 402 g/mol. The Balaban J connectivity index is 1.46. The molecular weight excluding hydrogens is 367 g/mol. The standard InChI is InChI=1S/C21H35BN4O3/c1-20(2)21(3,4)29-22(28-20)16-13-23-19(24-14-16)26(17-8-9-17)15-18-7-5-6-10-25(18)11-12-27/h13-14,17-18,27H,5-12,15H2,1-4H3. The molecule has 3 aliphatic rings. The van der Waals surface area contributed by atoms with Gasteiger partial charge in [-0.05, 0) is 59.9 Å². The molecule has 1 unspecified atom stereocenters. The molecule has 1 aromatic rings. The van der Waals surface area contributed by atoms with Gasteiger partial charge in [0.2, 0.25) is 5.95 Å². The van der Waals surface area contributed by atoms with Gasteiger partial charge in [0.1, 0.15) is 0 Å². The first-order chi connectivity index (χ1) is 13.8. The summed E-state index contributed by atoms with van der Waals surface area (Å²) in [6, 6.07) is 0.999.